The minimum atomic E-state index is -2.98. The number of carbonyl (C=O) groups excluding carboxylic acids is 2. The Morgan fingerprint density at radius 2 is 2.11 bits per heavy atom. The largest absolute Gasteiger partial charge is 0.469 e. The predicted molar refractivity (Wildman–Crippen MR) is 69.3 cm³/mol. The third-order valence-corrected chi connectivity index (χ3v) is 4.70. The average molecular weight is 292 g/mol. The zero-order chi connectivity index (χ0) is 14.5. The van der Waals surface area contributed by atoms with Gasteiger partial charge in [0.15, 0.2) is 9.84 Å². The molecule has 0 bridgehead atoms. The highest BCUT2D eigenvalue weighted by molar-refractivity contribution is 7.91. The molecule has 19 heavy (non-hydrogen) atoms. The fraction of sp³-hybridized carbons (Fsp3) is 0.818. The van der Waals surface area contributed by atoms with E-state index in [0.29, 0.717) is 13.0 Å². The summed E-state index contributed by atoms with van der Waals surface area (Å²) in [5.41, 5.74) is 0. The average Bonchev–Trinajstić information content (AvgIpc) is 2.65. The molecule has 110 valence electrons. The second-order valence-corrected chi connectivity index (χ2v) is 6.96. The van der Waals surface area contributed by atoms with Crippen LogP contribution in [-0.2, 0) is 24.2 Å². The van der Waals surface area contributed by atoms with Crippen molar-refractivity contribution in [3.05, 3.63) is 0 Å². The van der Waals surface area contributed by atoms with Gasteiger partial charge < -0.3 is 10.1 Å². The lowest BCUT2D eigenvalue weighted by atomic mass is 10.2. The molecule has 0 aromatic carbocycles. The molecule has 1 fully saturated rings. The summed E-state index contributed by atoms with van der Waals surface area (Å²) in [7, 11) is 0.0473. The van der Waals surface area contributed by atoms with Gasteiger partial charge in [-0.15, -0.1) is 0 Å². The van der Waals surface area contributed by atoms with E-state index in [9.17, 15) is 18.0 Å². The fourth-order valence-electron chi connectivity index (χ4n) is 1.89. The second-order valence-electron chi connectivity index (χ2n) is 4.73. The molecule has 1 atom stereocenters. The molecule has 0 aromatic rings. The number of nitrogens with zero attached hydrogens (tertiary/aromatic N) is 1. The summed E-state index contributed by atoms with van der Waals surface area (Å²) in [5, 5.41) is 2.69. The van der Waals surface area contributed by atoms with Crippen molar-refractivity contribution in [2.24, 2.45) is 0 Å². The molecule has 0 spiro atoms. The number of methoxy groups -OCH3 is 1. The maximum atomic E-state index is 11.7. The van der Waals surface area contributed by atoms with Crippen molar-refractivity contribution < 1.29 is 22.7 Å². The van der Waals surface area contributed by atoms with E-state index < -0.39 is 9.84 Å². The Labute approximate surface area is 113 Å². The zero-order valence-electron chi connectivity index (χ0n) is 11.2. The van der Waals surface area contributed by atoms with E-state index in [-0.39, 0.29) is 42.4 Å². The van der Waals surface area contributed by atoms with Crippen LogP contribution in [0.1, 0.15) is 12.8 Å². The molecule has 0 aromatic heterocycles. The highest BCUT2D eigenvalue weighted by Gasteiger charge is 2.28. The standard InChI is InChI=1S/C11H20N2O5S/c1-13(5-3-11(15)18-2)7-10(14)12-9-4-6-19(16,17)8-9/h9H,3-8H2,1-2H3,(H,12,14). The molecule has 1 unspecified atom stereocenters. The fourth-order valence-corrected chi connectivity index (χ4v) is 3.56. The van der Waals surface area contributed by atoms with Gasteiger partial charge in [0.25, 0.3) is 0 Å². The van der Waals surface area contributed by atoms with E-state index in [1.54, 1.807) is 11.9 Å². The lowest BCUT2D eigenvalue weighted by Gasteiger charge is -2.17. The first kappa shape index (κ1) is 15.9. The van der Waals surface area contributed by atoms with Crippen LogP contribution in [0.2, 0.25) is 0 Å². The maximum absolute atomic E-state index is 11.7. The number of hydrogen-bond donors (Lipinski definition) is 1. The van der Waals surface area contributed by atoms with Crippen LogP contribution in [0, 0.1) is 0 Å². The molecule has 1 N–H and O–H groups in total. The van der Waals surface area contributed by atoms with E-state index >= 15 is 0 Å². The van der Waals surface area contributed by atoms with Crippen LogP contribution in [0.25, 0.3) is 0 Å². The van der Waals surface area contributed by atoms with Crippen LogP contribution < -0.4 is 5.32 Å². The minimum Gasteiger partial charge on any atom is -0.469 e. The molecule has 1 saturated heterocycles. The van der Waals surface area contributed by atoms with Crippen molar-refractivity contribution in [3.63, 3.8) is 0 Å². The van der Waals surface area contributed by atoms with Crippen molar-refractivity contribution in [1.29, 1.82) is 0 Å². The maximum Gasteiger partial charge on any atom is 0.306 e. The summed E-state index contributed by atoms with van der Waals surface area (Å²) in [4.78, 5) is 24.3. The first-order valence-electron chi connectivity index (χ1n) is 6.07. The molecule has 1 aliphatic rings. The summed E-state index contributed by atoms with van der Waals surface area (Å²) in [6.45, 7) is 0.552. The van der Waals surface area contributed by atoms with Gasteiger partial charge in [0.2, 0.25) is 5.91 Å². The van der Waals surface area contributed by atoms with Gasteiger partial charge in [-0.2, -0.15) is 0 Å². The Bertz CT molecular complexity index is 434. The second kappa shape index (κ2) is 6.85. The Balaban J connectivity index is 2.26. The Morgan fingerprint density at radius 1 is 1.42 bits per heavy atom. The Kier molecular flexibility index (Phi) is 5.74. The molecule has 0 saturated carbocycles. The lowest BCUT2D eigenvalue weighted by Crippen LogP contribution is -2.42. The van der Waals surface area contributed by atoms with Gasteiger partial charge in [0.05, 0.1) is 31.6 Å². The Morgan fingerprint density at radius 3 is 2.63 bits per heavy atom. The molecule has 0 aliphatic carbocycles. The van der Waals surface area contributed by atoms with Crippen molar-refractivity contribution >= 4 is 21.7 Å². The monoisotopic (exact) mass is 292 g/mol. The number of amides is 1. The van der Waals surface area contributed by atoms with Crippen LogP contribution in [0.15, 0.2) is 0 Å². The van der Waals surface area contributed by atoms with Gasteiger partial charge in [0.1, 0.15) is 0 Å². The van der Waals surface area contributed by atoms with E-state index in [0.717, 1.165) is 0 Å². The van der Waals surface area contributed by atoms with Gasteiger partial charge in [-0.3, -0.25) is 14.5 Å². The Hall–Kier alpha value is -1.15. The minimum absolute atomic E-state index is 0.0185. The molecule has 8 heteroatoms. The summed E-state index contributed by atoms with van der Waals surface area (Å²) in [6.07, 6.45) is 0.692. The van der Waals surface area contributed by atoms with Crippen LogP contribution in [0.3, 0.4) is 0 Å². The van der Waals surface area contributed by atoms with Crippen LogP contribution in [0.5, 0.6) is 0 Å². The third kappa shape index (κ3) is 6.02. The van der Waals surface area contributed by atoms with Crippen molar-refractivity contribution in [3.8, 4) is 0 Å². The van der Waals surface area contributed by atoms with Gasteiger partial charge in [-0.1, -0.05) is 0 Å². The van der Waals surface area contributed by atoms with Crippen LogP contribution in [0.4, 0.5) is 0 Å². The first-order chi connectivity index (χ1) is 8.82. The number of likely N-dealkylation sites (N-methyl/N-ethyl adjacent to an activating group) is 1. The molecule has 1 heterocycles. The number of rotatable bonds is 6. The summed E-state index contributed by atoms with van der Waals surface area (Å²) in [6, 6.07) is -0.286. The molecular weight excluding hydrogens is 272 g/mol. The number of esters is 1. The first-order valence-corrected chi connectivity index (χ1v) is 7.89. The zero-order valence-corrected chi connectivity index (χ0v) is 12.0. The summed E-state index contributed by atoms with van der Waals surface area (Å²) in [5.74, 6) is -0.399. The lowest BCUT2D eigenvalue weighted by molar-refractivity contribution is -0.141. The number of nitrogens with one attached hydrogen (secondary N) is 1. The van der Waals surface area contributed by atoms with E-state index in [1.165, 1.54) is 7.11 Å². The predicted octanol–water partition coefficient (Wildman–Crippen LogP) is -1.22. The van der Waals surface area contributed by atoms with Crippen molar-refractivity contribution in [2.75, 3.05) is 38.8 Å². The number of sulfone groups is 1. The van der Waals surface area contributed by atoms with Crippen molar-refractivity contribution in [2.45, 2.75) is 18.9 Å². The van der Waals surface area contributed by atoms with Gasteiger partial charge >= 0.3 is 5.97 Å². The third-order valence-electron chi connectivity index (χ3n) is 2.94. The van der Waals surface area contributed by atoms with Crippen LogP contribution in [-0.4, -0.2) is 70.0 Å². The quantitative estimate of drug-likeness (QED) is 0.617. The molecule has 7 nitrogen and oxygen atoms in total. The number of ether oxygens (including phenoxy) is 1. The molecule has 1 aliphatic heterocycles. The molecule has 1 rings (SSSR count). The van der Waals surface area contributed by atoms with E-state index in [2.05, 4.69) is 10.1 Å². The normalized spacial score (nSPS) is 21.3. The van der Waals surface area contributed by atoms with Gasteiger partial charge in [-0.05, 0) is 13.5 Å². The highest BCUT2D eigenvalue weighted by Crippen LogP contribution is 2.10. The number of carbonyl (C=O) groups is 2. The summed E-state index contributed by atoms with van der Waals surface area (Å²) < 4.78 is 27.0. The molecule has 1 amide bonds. The molecular formula is C11H20N2O5S. The summed E-state index contributed by atoms with van der Waals surface area (Å²) >= 11 is 0. The van der Waals surface area contributed by atoms with Crippen molar-refractivity contribution in [1.82, 2.24) is 10.2 Å². The molecule has 0 radical (unpaired) electrons. The number of hydrogen-bond acceptors (Lipinski definition) is 6. The van der Waals surface area contributed by atoms with E-state index in [1.807, 2.05) is 0 Å². The van der Waals surface area contributed by atoms with E-state index in [4.69, 9.17) is 0 Å². The highest BCUT2D eigenvalue weighted by atomic mass is 32.2. The SMILES string of the molecule is COC(=O)CCN(C)CC(=O)NC1CCS(=O)(=O)C1. The van der Waals surface area contributed by atoms with Crippen LogP contribution >= 0.6 is 0 Å². The topological polar surface area (TPSA) is 92.8 Å². The van der Waals surface area contributed by atoms with Gasteiger partial charge in [0, 0.05) is 12.6 Å². The van der Waals surface area contributed by atoms with Gasteiger partial charge in [-0.25, -0.2) is 8.42 Å². The smallest absolute Gasteiger partial charge is 0.306 e.